The first-order valence-corrected chi connectivity index (χ1v) is 7.18. The molecule has 0 spiro atoms. The maximum Gasteiger partial charge on any atom is 0.0469 e. The molecule has 1 aliphatic rings. The Kier molecular flexibility index (Phi) is 5.48. The Morgan fingerprint density at radius 3 is 2.78 bits per heavy atom. The number of rotatable bonds is 5. The monoisotopic (exact) mass is 267 g/mol. The molecule has 18 heavy (non-hydrogen) atoms. The molecule has 1 aliphatic heterocycles. The first kappa shape index (κ1) is 13.9. The van der Waals surface area contributed by atoms with Crippen LogP contribution in [0.15, 0.2) is 24.3 Å². The molecular formula is C15H22ClNO. The third kappa shape index (κ3) is 4.27. The van der Waals surface area contributed by atoms with Gasteiger partial charge < -0.3 is 10.1 Å². The Morgan fingerprint density at radius 1 is 1.33 bits per heavy atom. The van der Waals surface area contributed by atoms with E-state index in [1.54, 1.807) is 0 Å². The molecule has 1 saturated heterocycles. The summed E-state index contributed by atoms with van der Waals surface area (Å²) in [5, 5.41) is 4.49. The van der Waals surface area contributed by atoms with E-state index in [-0.39, 0.29) is 0 Å². The summed E-state index contributed by atoms with van der Waals surface area (Å²) in [6.07, 6.45) is 3.36. The van der Waals surface area contributed by atoms with E-state index >= 15 is 0 Å². The fourth-order valence-corrected chi connectivity index (χ4v) is 2.60. The molecule has 2 rings (SSSR count). The van der Waals surface area contributed by atoms with Crippen molar-refractivity contribution < 1.29 is 4.74 Å². The third-order valence-electron chi connectivity index (χ3n) is 3.58. The van der Waals surface area contributed by atoms with Crippen molar-refractivity contribution in [3.8, 4) is 0 Å². The molecule has 1 heterocycles. The van der Waals surface area contributed by atoms with Crippen molar-refractivity contribution in [1.82, 2.24) is 5.32 Å². The summed E-state index contributed by atoms with van der Waals surface area (Å²) in [6.45, 7) is 5.16. The van der Waals surface area contributed by atoms with Gasteiger partial charge in [-0.05, 0) is 50.3 Å². The first-order valence-electron chi connectivity index (χ1n) is 6.80. The maximum absolute atomic E-state index is 6.17. The van der Waals surface area contributed by atoms with Gasteiger partial charge in [0.05, 0.1) is 0 Å². The molecular weight excluding hydrogens is 246 g/mol. The zero-order valence-electron chi connectivity index (χ0n) is 11.0. The number of hydrogen-bond donors (Lipinski definition) is 1. The molecule has 1 aromatic rings. The summed E-state index contributed by atoms with van der Waals surface area (Å²) < 4.78 is 5.37. The zero-order chi connectivity index (χ0) is 12.8. The van der Waals surface area contributed by atoms with Gasteiger partial charge in [-0.25, -0.2) is 0 Å². The number of ether oxygens (including phenoxy) is 1. The SMILES string of the molecule is CC(Cc1ccccc1Cl)NCC1CCOCC1. The summed E-state index contributed by atoms with van der Waals surface area (Å²) in [4.78, 5) is 0. The highest BCUT2D eigenvalue weighted by Gasteiger charge is 2.14. The van der Waals surface area contributed by atoms with E-state index in [1.807, 2.05) is 18.2 Å². The van der Waals surface area contributed by atoms with Crippen molar-refractivity contribution in [3.05, 3.63) is 34.9 Å². The van der Waals surface area contributed by atoms with Gasteiger partial charge in [-0.2, -0.15) is 0 Å². The van der Waals surface area contributed by atoms with Gasteiger partial charge in [0.2, 0.25) is 0 Å². The highest BCUT2D eigenvalue weighted by atomic mass is 35.5. The molecule has 1 aromatic carbocycles. The van der Waals surface area contributed by atoms with E-state index in [4.69, 9.17) is 16.3 Å². The van der Waals surface area contributed by atoms with Crippen molar-refractivity contribution in [2.45, 2.75) is 32.2 Å². The van der Waals surface area contributed by atoms with Gasteiger partial charge in [-0.3, -0.25) is 0 Å². The Bertz CT molecular complexity index is 363. The average molecular weight is 268 g/mol. The summed E-state index contributed by atoms with van der Waals surface area (Å²) in [6, 6.07) is 8.56. The Labute approximate surface area is 115 Å². The van der Waals surface area contributed by atoms with E-state index in [0.717, 1.165) is 37.1 Å². The topological polar surface area (TPSA) is 21.3 Å². The van der Waals surface area contributed by atoms with Crippen LogP contribution in [0.25, 0.3) is 0 Å². The van der Waals surface area contributed by atoms with Crippen LogP contribution in [0, 0.1) is 5.92 Å². The second-order valence-electron chi connectivity index (χ2n) is 5.16. The van der Waals surface area contributed by atoms with E-state index < -0.39 is 0 Å². The van der Waals surface area contributed by atoms with Crippen molar-refractivity contribution in [3.63, 3.8) is 0 Å². The van der Waals surface area contributed by atoms with Crippen molar-refractivity contribution >= 4 is 11.6 Å². The van der Waals surface area contributed by atoms with Crippen molar-refractivity contribution in [2.75, 3.05) is 19.8 Å². The minimum Gasteiger partial charge on any atom is -0.381 e. The lowest BCUT2D eigenvalue weighted by molar-refractivity contribution is 0.0656. The second-order valence-corrected chi connectivity index (χ2v) is 5.57. The van der Waals surface area contributed by atoms with Crippen LogP contribution >= 0.6 is 11.6 Å². The Morgan fingerprint density at radius 2 is 2.06 bits per heavy atom. The molecule has 1 atom stereocenters. The third-order valence-corrected chi connectivity index (χ3v) is 3.95. The molecule has 0 aromatic heterocycles. The molecule has 1 fully saturated rings. The van der Waals surface area contributed by atoms with E-state index in [0.29, 0.717) is 6.04 Å². The molecule has 0 bridgehead atoms. The second kappa shape index (κ2) is 7.13. The fraction of sp³-hybridized carbons (Fsp3) is 0.600. The molecule has 100 valence electrons. The van der Waals surface area contributed by atoms with Gasteiger partial charge in [0.25, 0.3) is 0 Å². The van der Waals surface area contributed by atoms with Crippen LogP contribution in [0.5, 0.6) is 0 Å². The molecule has 1 N–H and O–H groups in total. The predicted octanol–water partition coefficient (Wildman–Crippen LogP) is 3.29. The Hall–Kier alpha value is -0.570. The minimum atomic E-state index is 0.466. The fourth-order valence-electron chi connectivity index (χ4n) is 2.38. The van der Waals surface area contributed by atoms with Crippen molar-refractivity contribution in [1.29, 1.82) is 0 Å². The molecule has 1 unspecified atom stereocenters. The van der Waals surface area contributed by atoms with Gasteiger partial charge >= 0.3 is 0 Å². The number of nitrogens with one attached hydrogen (secondary N) is 1. The van der Waals surface area contributed by atoms with E-state index in [1.165, 1.54) is 18.4 Å². The zero-order valence-corrected chi connectivity index (χ0v) is 11.7. The van der Waals surface area contributed by atoms with Gasteiger partial charge in [0.1, 0.15) is 0 Å². The van der Waals surface area contributed by atoms with Crippen LogP contribution in [0.2, 0.25) is 5.02 Å². The highest BCUT2D eigenvalue weighted by Crippen LogP contribution is 2.17. The molecule has 0 amide bonds. The highest BCUT2D eigenvalue weighted by molar-refractivity contribution is 6.31. The summed E-state index contributed by atoms with van der Waals surface area (Å²) in [7, 11) is 0. The number of halogens is 1. The maximum atomic E-state index is 6.17. The largest absolute Gasteiger partial charge is 0.381 e. The van der Waals surface area contributed by atoms with Crippen LogP contribution in [0.4, 0.5) is 0 Å². The first-order chi connectivity index (χ1) is 8.75. The molecule has 0 radical (unpaired) electrons. The molecule has 0 aliphatic carbocycles. The van der Waals surface area contributed by atoms with Gasteiger partial charge in [-0.1, -0.05) is 29.8 Å². The summed E-state index contributed by atoms with van der Waals surface area (Å²) in [5.74, 6) is 0.771. The normalized spacial score (nSPS) is 18.8. The van der Waals surface area contributed by atoms with E-state index in [2.05, 4.69) is 18.3 Å². The Balaban J connectivity index is 1.74. The summed E-state index contributed by atoms with van der Waals surface area (Å²) >= 11 is 6.17. The van der Waals surface area contributed by atoms with Crippen molar-refractivity contribution in [2.24, 2.45) is 5.92 Å². The van der Waals surface area contributed by atoms with Gasteiger partial charge in [0.15, 0.2) is 0 Å². The lowest BCUT2D eigenvalue weighted by atomic mass is 9.99. The van der Waals surface area contributed by atoms with Crippen LogP contribution in [-0.2, 0) is 11.2 Å². The molecule has 3 heteroatoms. The minimum absolute atomic E-state index is 0.466. The van der Waals surface area contributed by atoms with E-state index in [9.17, 15) is 0 Å². The number of hydrogen-bond acceptors (Lipinski definition) is 2. The number of benzene rings is 1. The standard InChI is InChI=1S/C15H22ClNO/c1-12(10-14-4-2-3-5-15(14)16)17-11-13-6-8-18-9-7-13/h2-5,12-13,17H,6-11H2,1H3. The van der Waals surface area contributed by atoms with Crippen LogP contribution in [0.3, 0.4) is 0 Å². The lowest BCUT2D eigenvalue weighted by Gasteiger charge is -2.24. The quantitative estimate of drug-likeness (QED) is 0.884. The molecule has 0 saturated carbocycles. The van der Waals surface area contributed by atoms with Crippen LogP contribution in [-0.4, -0.2) is 25.8 Å². The van der Waals surface area contributed by atoms with Gasteiger partial charge in [0, 0.05) is 24.3 Å². The lowest BCUT2D eigenvalue weighted by Crippen LogP contribution is -2.34. The molecule has 2 nitrogen and oxygen atoms in total. The predicted molar refractivity (Wildman–Crippen MR) is 76.2 cm³/mol. The van der Waals surface area contributed by atoms with Crippen LogP contribution < -0.4 is 5.32 Å². The van der Waals surface area contributed by atoms with Crippen LogP contribution in [0.1, 0.15) is 25.3 Å². The summed E-state index contributed by atoms with van der Waals surface area (Å²) in [5.41, 5.74) is 1.23. The average Bonchev–Trinajstić information content (AvgIpc) is 2.40. The van der Waals surface area contributed by atoms with Gasteiger partial charge in [-0.15, -0.1) is 0 Å². The smallest absolute Gasteiger partial charge is 0.0469 e.